The Morgan fingerprint density at radius 2 is 1.69 bits per heavy atom. The zero-order valence-corrected chi connectivity index (χ0v) is 20.6. The van der Waals surface area contributed by atoms with Crippen LogP contribution in [0.2, 0.25) is 0 Å². The summed E-state index contributed by atoms with van der Waals surface area (Å²) in [6.07, 6.45) is 13.4. The Bertz CT molecular complexity index is 1320. The fraction of sp³-hybridized carbons (Fsp3) is 0.393. The SMILES string of the molecule is CCCCCCCCCCOc1ccc(/C=N\n2cnc3c([nH]c4ccc(OC)cc43)c2=O)cc1. The van der Waals surface area contributed by atoms with E-state index in [0.29, 0.717) is 16.8 Å². The van der Waals surface area contributed by atoms with Crippen LogP contribution in [-0.2, 0) is 0 Å². The summed E-state index contributed by atoms with van der Waals surface area (Å²) in [4.78, 5) is 20.5. The monoisotopic (exact) mass is 474 g/mol. The zero-order chi connectivity index (χ0) is 24.5. The lowest BCUT2D eigenvalue weighted by atomic mass is 10.1. The lowest BCUT2D eigenvalue weighted by molar-refractivity contribution is 0.304. The molecule has 4 aromatic rings. The number of nitrogens with one attached hydrogen (secondary N) is 1. The topological polar surface area (TPSA) is 81.5 Å². The normalized spacial score (nSPS) is 11.6. The van der Waals surface area contributed by atoms with E-state index < -0.39 is 0 Å². The summed E-state index contributed by atoms with van der Waals surface area (Å²) < 4.78 is 12.4. The van der Waals surface area contributed by atoms with Crippen molar-refractivity contribution in [3.63, 3.8) is 0 Å². The van der Waals surface area contributed by atoms with E-state index in [1.54, 1.807) is 13.3 Å². The number of hydrogen-bond acceptors (Lipinski definition) is 5. The third kappa shape index (κ3) is 6.29. The van der Waals surface area contributed by atoms with Crippen molar-refractivity contribution in [2.75, 3.05) is 13.7 Å². The predicted molar refractivity (Wildman–Crippen MR) is 142 cm³/mol. The van der Waals surface area contributed by atoms with E-state index in [9.17, 15) is 4.79 Å². The van der Waals surface area contributed by atoms with Crippen molar-refractivity contribution >= 4 is 28.2 Å². The maximum atomic E-state index is 12.9. The van der Waals surface area contributed by atoms with Crippen LogP contribution in [0.1, 0.15) is 63.9 Å². The molecule has 0 saturated carbocycles. The largest absolute Gasteiger partial charge is 0.497 e. The van der Waals surface area contributed by atoms with Crippen molar-refractivity contribution < 1.29 is 9.47 Å². The molecule has 0 amide bonds. The fourth-order valence-corrected chi connectivity index (χ4v) is 4.14. The number of ether oxygens (including phenoxy) is 2. The minimum absolute atomic E-state index is 0.258. The molecule has 2 aromatic heterocycles. The molecule has 0 fully saturated rings. The van der Waals surface area contributed by atoms with Gasteiger partial charge in [-0.15, -0.1) is 0 Å². The first-order valence-corrected chi connectivity index (χ1v) is 12.5. The summed E-state index contributed by atoms with van der Waals surface area (Å²) in [7, 11) is 1.61. The Kier molecular flexibility index (Phi) is 8.54. The van der Waals surface area contributed by atoms with Gasteiger partial charge in [0, 0.05) is 10.9 Å². The number of aromatic nitrogens is 3. The maximum Gasteiger partial charge on any atom is 0.298 e. The summed E-state index contributed by atoms with van der Waals surface area (Å²) >= 11 is 0. The Hall–Kier alpha value is -3.61. The third-order valence-electron chi connectivity index (χ3n) is 6.17. The van der Waals surface area contributed by atoms with Gasteiger partial charge >= 0.3 is 0 Å². The van der Waals surface area contributed by atoms with Crippen LogP contribution >= 0.6 is 0 Å². The molecule has 4 rings (SSSR count). The average molecular weight is 475 g/mol. The number of hydrogen-bond donors (Lipinski definition) is 1. The van der Waals surface area contributed by atoms with Crippen LogP contribution in [0.25, 0.3) is 21.9 Å². The van der Waals surface area contributed by atoms with Crippen LogP contribution in [0.4, 0.5) is 0 Å². The van der Waals surface area contributed by atoms with Gasteiger partial charge in [0.25, 0.3) is 5.56 Å². The first-order valence-electron chi connectivity index (χ1n) is 12.5. The van der Waals surface area contributed by atoms with E-state index in [1.165, 1.54) is 55.9 Å². The number of nitrogens with zero attached hydrogens (tertiary/aromatic N) is 3. The molecule has 7 heteroatoms. The lowest BCUT2D eigenvalue weighted by Gasteiger charge is -2.06. The summed E-state index contributed by atoms with van der Waals surface area (Å²) in [6, 6.07) is 13.3. The van der Waals surface area contributed by atoms with Crippen molar-refractivity contribution in [3.8, 4) is 11.5 Å². The van der Waals surface area contributed by atoms with Crippen LogP contribution in [-0.4, -0.2) is 34.6 Å². The first-order chi connectivity index (χ1) is 17.2. The fourth-order valence-electron chi connectivity index (χ4n) is 4.14. The standard InChI is InChI=1S/C28H34N4O3/c1-3-4-5-6-7-8-9-10-17-35-22-13-11-21(12-14-22)19-30-32-20-29-26-24-18-23(34-2)15-16-25(24)31-27(26)28(32)33/h11-16,18-20,31H,3-10,17H2,1-2H3/b30-19-. The number of aromatic amines is 1. The minimum Gasteiger partial charge on any atom is -0.497 e. The van der Waals surface area contributed by atoms with Crippen molar-refractivity contribution in [3.05, 3.63) is 64.7 Å². The second-order valence-corrected chi connectivity index (χ2v) is 8.79. The van der Waals surface area contributed by atoms with Gasteiger partial charge in [-0.05, 0) is 54.4 Å². The van der Waals surface area contributed by atoms with Gasteiger partial charge in [-0.1, -0.05) is 51.9 Å². The molecule has 0 saturated heterocycles. The van der Waals surface area contributed by atoms with Gasteiger partial charge in [0.15, 0.2) is 0 Å². The molecule has 2 aromatic carbocycles. The number of rotatable bonds is 13. The molecule has 0 aliphatic carbocycles. The highest BCUT2D eigenvalue weighted by atomic mass is 16.5. The van der Waals surface area contributed by atoms with Gasteiger partial charge in [-0.2, -0.15) is 9.78 Å². The summed E-state index contributed by atoms with van der Waals surface area (Å²) in [5.74, 6) is 1.56. The van der Waals surface area contributed by atoms with Crippen LogP contribution in [0.3, 0.4) is 0 Å². The highest BCUT2D eigenvalue weighted by Crippen LogP contribution is 2.25. The number of H-pyrrole nitrogens is 1. The van der Waals surface area contributed by atoms with E-state index in [2.05, 4.69) is 22.0 Å². The first kappa shape index (κ1) is 24.5. The molecule has 35 heavy (non-hydrogen) atoms. The molecule has 0 spiro atoms. The van der Waals surface area contributed by atoms with Crippen molar-refractivity contribution in [1.29, 1.82) is 0 Å². The molecule has 0 unspecified atom stereocenters. The Morgan fingerprint density at radius 3 is 2.43 bits per heavy atom. The predicted octanol–water partition coefficient (Wildman–Crippen LogP) is 6.29. The van der Waals surface area contributed by atoms with Crippen molar-refractivity contribution in [2.45, 2.75) is 58.3 Å². The van der Waals surface area contributed by atoms with E-state index in [1.807, 2.05) is 42.5 Å². The molecular weight excluding hydrogens is 440 g/mol. The van der Waals surface area contributed by atoms with Gasteiger partial charge in [0.05, 0.1) is 19.9 Å². The Balaban J connectivity index is 1.32. The lowest BCUT2D eigenvalue weighted by Crippen LogP contribution is -2.17. The third-order valence-corrected chi connectivity index (χ3v) is 6.17. The number of unbranched alkanes of at least 4 members (excludes halogenated alkanes) is 7. The van der Waals surface area contributed by atoms with E-state index in [0.717, 1.165) is 35.2 Å². The van der Waals surface area contributed by atoms with Crippen LogP contribution in [0.15, 0.2) is 58.7 Å². The molecular formula is C28H34N4O3. The smallest absolute Gasteiger partial charge is 0.298 e. The number of benzene rings is 2. The van der Waals surface area contributed by atoms with Crippen LogP contribution < -0.4 is 15.0 Å². The molecule has 0 radical (unpaired) electrons. The zero-order valence-electron chi connectivity index (χ0n) is 20.6. The quantitative estimate of drug-likeness (QED) is 0.182. The summed E-state index contributed by atoms with van der Waals surface area (Å²) in [5.41, 5.74) is 2.46. The molecule has 1 N–H and O–H groups in total. The van der Waals surface area contributed by atoms with Gasteiger partial charge in [-0.25, -0.2) is 4.98 Å². The second kappa shape index (κ2) is 12.2. The van der Waals surface area contributed by atoms with Crippen molar-refractivity contribution in [2.24, 2.45) is 5.10 Å². The molecule has 2 heterocycles. The van der Waals surface area contributed by atoms with Gasteiger partial charge in [-0.3, -0.25) is 4.79 Å². The molecule has 0 atom stereocenters. The van der Waals surface area contributed by atoms with E-state index in [4.69, 9.17) is 9.47 Å². The van der Waals surface area contributed by atoms with E-state index in [-0.39, 0.29) is 5.56 Å². The molecule has 0 aliphatic heterocycles. The van der Waals surface area contributed by atoms with Gasteiger partial charge in [0.2, 0.25) is 0 Å². The number of fused-ring (bicyclic) bond motifs is 3. The summed E-state index contributed by atoms with van der Waals surface area (Å²) in [6.45, 7) is 2.98. The van der Waals surface area contributed by atoms with Gasteiger partial charge in [0.1, 0.15) is 28.9 Å². The Labute approximate surface area is 205 Å². The van der Waals surface area contributed by atoms with Gasteiger partial charge < -0.3 is 14.5 Å². The number of methoxy groups -OCH3 is 1. The van der Waals surface area contributed by atoms with Crippen LogP contribution in [0, 0.1) is 0 Å². The van der Waals surface area contributed by atoms with Crippen LogP contribution in [0.5, 0.6) is 11.5 Å². The summed E-state index contributed by atoms with van der Waals surface area (Å²) in [5, 5.41) is 5.16. The minimum atomic E-state index is -0.258. The average Bonchev–Trinajstić information content (AvgIpc) is 3.27. The Morgan fingerprint density at radius 1 is 0.971 bits per heavy atom. The highest BCUT2D eigenvalue weighted by molar-refractivity contribution is 6.04. The molecule has 0 bridgehead atoms. The maximum absolute atomic E-state index is 12.9. The second-order valence-electron chi connectivity index (χ2n) is 8.79. The van der Waals surface area contributed by atoms with Crippen molar-refractivity contribution in [1.82, 2.24) is 14.6 Å². The highest BCUT2D eigenvalue weighted by Gasteiger charge is 2.11. The van der Waals surface area contributed by atoms with E-state index >= 15 is 0 Å². The molecule has 184 valence electrons. The molecule has 7 nitrogen and oxygen atoms in total. The molecule has 0 aliphatic rings.